The minimum Gasteiger partial charge on any atom is -0.493 e. The molecule has 1 heterocycles. The zero-order valence-electron chi connectivity index (χ0n) is 10.7. The molecule has 0 bridgehead atoms. The monoisotopic (exact) mass is 290 g/mol. The van der Waals surface area contributed by atoms with Crippen LogP contribution >= 0.6 is 11.6 Å². The van der Waals surface area contributed by atoms with Crippen LogP contribution in [0.2, 0.25) is 5.02 Å². The average Bonchev–Trinajstić information content (AvgIpc) is 2.90. The summed E-state index contributed by atoms with van der Waals surface area (Å²) in [6, 6.07) is 9.44. The zero-order chi connectivity index (χ0) is 14.1. The van der Waals surface area contributed by atoms with Gasteiger partial charge in [-0.1, -0.05) is 11.6 Å². The van der Waals surface area contributed by atoms with Gasteiger partial charge in [-0.3, -0.25) is 4.79 Å². The Hall–Kier alpha value is -1.87. The predicted octanol–water partition coefficient (Wildman–Crippen LogP) is 3.84. The maximum atomic E-state index is 13.2. The number of halogens is 2. The molecule has 2 aromatic rings. The quantitative estimate of drug-likeness (QED) is 0.803. The minimum atomic E-state index is -0.389. The van der Waals surface area contributed by atoms with Gasteiger partial charge in [-0.2, -0.15) is 0 Å². The molecule has 2 nitrogen and oxygen atoms in total. The molecule has 0 unspecified atom stereocenters. The molecule has 1 aliphatic heterocycles. The molecule has 0 amide bonds. The molecule has 0 fully saturated rings. The van der Waals surface area contributed by atoms with E-state index in [0.717, 1.165) is 17.7 Å². The Kier molecular flexibility index (Phi) is 3.45. The fourth-order valence-corrected chi connectivity index (χ4v) is 2.50. The fourth-order valence-electron chi connectivity index (χ4n) is 2.31. The van der Waals surface area contributed by atoms with Gasteiger partial charge in [0, 0.05) is 23.4 Å². The van der Waals surface area contributed by atoms with Crippen molar-refractivity contribution in [3.05, 3.63) is 63.9 Å². The smallest absolute Gasteiger partial charge is 0.167 e. The third-order valence-electron chi connectivity index (χ3n) is 3.37. The summed E-state index contributed by atoms with van der Waals surface area (Å²) >= 11 is 5.98. The number of hydrogen-bond acceptors (Lipinski definition) is 2. The number of ketones is 1. The predicted molar refractivity (Wildman–Crippen MR) is 75.1 cm³/mol. The summed E-state index contributed by atoms with van der Waals surface area (Å²) in [6.45, 7) is 0.655. The highest BCUT2D eigenvalue weighted by molar-refractivity contribution is 6.31. The van der Waals surface area contributed by atoms with Crippen molar-refractivity contribution >= 4 is 17.4 Å². The van der Waals surface area contributed by atoms with E-state index in [4.69, 9.17) is 16.3 Å². The van der Waals surface area contributed by atoms with E-state index in [1.165, 1.54) is 18.2 Å². The Bertz CT molecular complexity index is 682. The van der Waals surface area contributed by atoms with E-state index in [2.05, 4.69) is 0 Å². The number of benzene rings is 2. The number of rotatable bonds is 3. The molecular formula is C16H12ClFO2. The first-order valence-electron chi connectivity index (χ1n) is 6.36. The molecule has 1 aliphatic rings. The minimum absolute atomic E-state index is 0.0767. The third kappa shape index (κ3) is 2.54. The van der Waals surface area contributed by atoms with E-state index >= 15 is 0 Å². The molecule has 0 spiro atoms. The van der Waals surface area contributed by atoms with Crippen LogP contribution in [-0.4, -0.2) is 12.4 Å². The van der Waals surface area contributed by atoms with E-state index in [1.54, 1.807) is 6.07 Å². The maximum Gasteiger partial charge on any atom is 0.167 e. The van der Waals surface area contributed by atoms with Gasteiger partial charge >= 0.3 is 0 Å². The van der Waals surface area contributed by atoms with Crippen molar-refractivity contribution in [1.82, 2.24) is 0 Å². The third-order valence-corrected chi connectivity index (χ3v) is 3.74. The Morgan fingerprint density at radius 2 is 2.10 bits per heavy atom. The first kappa shape index (κ1) is 13.1. The highest BCUT2D eigenvalue weighted by Gasteiger charge is 2.16. The summed E-state index contributed by atoms with van der Waals surface area (Å²) in [5.74, 6) is 0.372. The van der Waals surface area contributed by atoms with Gasteiger partial charge in [-0.05, 0) is 47.5 Å². The lowest BCUT2D eigenvalue weighted by atomic mass is 10.0. The molecule has 0 saturated heterocycles. The average molecular weight is 291 g/mol. The Morgan fingerprint density at radius 1 is 1.25 bits per heavy atom. The SMILES string of the molecule is O=C(Cc1cc(F)ccc1Cl)c1ccc2c(c1)CCO2. The summed E-state index contributed by atoms with van der Waals surface area (Å²) in [4.78, 5) is 12.3. The van der Waals surface area contributed by atoms with E-state index < -0.39 is 0 Å². The van der Waals surface area contributed by atoms with Gasteiger partial charge in [-0.15, -0.1) is 0 Å². The molecule has 3 rings (SSSR count). The van der Waals surface area contributed by atoms with Crippen LogP contribution < -0.4 is 4.74 Å². The Morgan fingerprint density at radius 3 is 2.95 bits per heavy atom. The number of carbonyl (C=O) groups excluding carboxylic acids is 1. The van der Waals surface area contributed by atoms with Gasteiger partial charge < -0.3 is 4.74 Å². The van der Waals surface area contributed by atoms with Gasteiger partial charge in [0.25, 0.3) is 0 Å². The summed E-state index contributed by atoms with van der Waals surface area (Å²) in [5.41, 5.74) is 2.16. The Labute approximate surface area is 121 Å². The van der Waals surface area contributed by atoms with E-state index in [1.807, 2.05) is 12.1 Å². The summed E-state index contributed by atoms with van der Waals surface area (Å²) in [7, 11) is 0. The van der Waals surface area contributed by atoms with Crippen molar-refractivity contribution in [2.75, 3.05) is 6.61 Å². The molecule has 4 heteroatoms. The molecule has 102 valence electrons. The van der Waals surface area contributed by atoms with Crippen molar-refractivity contribution in [3.63, 3.8) is 0 Å². The van der Waals surface area contributed by atoms with Crippen LogP contribution in [0.5, 0.6) is 5.75 Å². The maximum absolute atomic E-state index is 13.2. The molecule has 0 aliphatic carbocycles. The Balaban J connectivity index is 1.84. The van der Waals surface area contributed by atoms with Crippen LogP contribution in [0.4, 0.5) is 4.39 Å². The first-order valence-corrected chi connectivity index (χ1v) is 6.74. The van der Waals surface area contributed by atoms with Crippen LogP contribution in [0.25, 0.3) is 0 Å². The fraction of sp³-hybridized carbons (Fsp3) is 0.188. The van der Waals surface area contributed by atoms with E-state index in [-0.39, 0.29) is 18.0 Å². The molecular weight excluding hydrogens is 279 g/mol. The van der Waals surface area contributed by atoms with Crippen molar-refractivity contribution in [2.45, 2.75) is 12.8 Å². The number of Topliss-reactive ketones (excluding diaryl/α,β-unsaturated/α-hetero) is 1. The van der Waals surface area contributed by atoms with Gasteiger partial charge in [0.05, 0.1) is 6.61 Å². The second-order valence-electron chi connectivity index (χ2n) is 4.76. The summed E-state index contributed by atoms with van der Waals surface area (Å²) < 4.78 is 18.6. The lowest BCUT2D eigenvalue weighted by Crippen LogP contribution is -2.04. The van der Waals surface area contributed by atoms with E-state index in [0.29, 0.717) is 22.8 Å². The molecule has 2 aromatic carbocycles. The molecule has 0 atom stereocenters. The normalized spacial score (nSPS) is 12.9. The van der Waals surface area contributed by atoms with Crippen LogP contribution in [0.1, 0.15) is 21.5 Å². The number of hydrogen-bond donors (Lipinski definition) is 0. The van der Waals surface area contributed by atoms with Gasteiger partial charge in [-0.25, -0.2) is 4.39 Å². The van der Waals surface area contributed by atoms with Crippen LogP contribution in [0.15, 0.2) is 36.4 Å². The van der Waals surface area contributed by atoms with Crippen molar-refractivity contribution in [1.29, 1.82) is 0 Å². The van der Waals surface area contributed by atoms with Crippen molar-refractivity contribution in [3.8, 4) is 5.75 Å². The van der Waals surface area contributed by atoms with Gasteiger partial charge in [0.2, 0.25) is 0 Å². The molecule has 0 radical (unpaired) electrons. The van der Waals surface area contributed by atoms with Crippen molar-refractivity contribution < 1.29 is 13.9 Å². The number of carbonyl (C=O) groups is 1. The highest BCUT2D eigenvalue weighted by atomic mass is 35.5. The molecule has 0 aromatic heterocycles. The largest absolute Gasteiger partial charge is 0.493 e. The van der Waals surface area contributed by atoms with Crippen molar-refractivity contribution in [2.24, 2.45) is 0 Å². The topological polar surface area (TPSA) is 26.3 Å². The molecule has 0 saturated carbocycles. The zero-order valence-corrected chi connectivity index (χ0v) is 11.4. The van der Waals surface area contributed by atoms with Crippen LogP contribution in [0, 0.1) is 5.82 Å². The van der Waals surface area contributed by atoms with Crippen LogP contribution in [0.3, 0.4) is 0 Å². The highest BCUT2D eigenvalue weighted by Crippen LogP contribution is 2.27. The van der Waals surface area contributed by atoms with Gasteiger partial charge in [0.15, 0.2) is 5.78 Å². The standard InChI is InChI=1S/C16H12ClFO2/c17-14-3-2-13(18)8-12(14)9-15(19)10-1-4-16-11(7-10)5-6-20-16/h1-4,7-8H,5-6,9H2. The number of fused-ring (bicyclic) bond motifs is 1. The first-order chi connectivity index (χ1) is 9.63. The summed E-state index contributed by atoms with van der Waals surface area (Å²) in [6.07, 6.45) is 0.910. The second kappa shape index (κ2) is 5.25. The number of ether oxygens (including phenoxy) is 1. The molecule has 20 heavy (non-hydrogen) atoms. The lowest BCUT2D eigenvalue weighted by molar-refractivity contribution is 0.0993. The summed E-state index contributed by atoms with van der Waals surface area (Å²) in [5, 5.41) is 0.407. The molecule has 0 N–H and O–H groups in total. The van der Waals surface area contributed by atoms with E-state index in [9.17, 15) is 9.18 Å². The van der Waals surface area contributed by atoms with Gasteiger partial charge in [0.1, 0.15) is 11.6 Å². The van der Waals surface area contributed by atoms with Crippen LogP contribution in [-0.2, 0) is 12.8 Å². The second-order valence-corrected chi connectivity index (χ2v) is 5.16. The lowest BCUT2D eigenvalue weighted by Gasteiger charge is -2.06.